The average molecular weight is 399 g/mol. The van der Waals surface area contributed by atoms with Crippen LogP contribution in [0.3, 0.4) is 0 Å². The lowest BCUT2D eigenvalue weighted by Gasteiger charge is -2.08. The minimum atomic E-state index is 0.668. The molecule has 0 bridgehead atoms. The van der Waals surface area contributed by atoms with Gasteiger partial charge in [-0.05, 0) is 30.0 Å². The van der Waals surface area contributed by atoms with Gasteiger partial charge in [0.25, 0.3) is 0 Å². The maximum atomic E-state index is 5.35. The molecule has 27 heavy (non-hydrogen) atoms. The van der Waals surface area contributed by atoms with E-state index in [2.05, 4.69) is 19.7 Å². The molecule has 0 spiro atoms. The highest BCUT2D eigenvalue weighted by molar-refractivity contribution is 7.99. The van der Waals surface area contributed by atoms with E-state index in [1.54, 1.807) is 30.2 Å². The van der Waals surface area contributed by atoms with Crippen molar-refractivity contribution in [2.24, 2.45) is 0 Å². The van der Waals surface area contributed by atoms with Crippen molar-refractivity contribution in [2.45, 2.75) is 18.0 Å². The second-order valence-corrected chi connectivity index (χ2v) is 7.73. The van der Waals surface area contributed by atoms with Crippen LogP contribution in [0.5, 0.6) is 5.75 Å². The Bertz CT molecular complexity index is 995. The number of hydrogen-bond donors (Lipinski definition) is 0. The van der Waals surface area contributed by atoms with Crippen molar-refractivity contribution in [3.63, 3.8) is 0 Å². The number of nitrogens with zero attached hydrogens (tertiary/aromatic N) is 4. The zero-order valence-electron chi connectivity index (χ0n) is 14.7. The lowest BCUT2D eigenvalue weighted by atomic mass is 10.3. The second-order valence-electron chi connectivity index (χ2n) is 5.72. The molecule has 3 heterocycles. The molecule has 0 saturated carbocycles. The molecule has 0 aliphatic rings. The van der Waals surface area contributed by atoms with Gasteiger partial charge < -0.3 is 9.26 Å². The number of rotatable bonds is 8. The summed E-state index contributed by atoms with van der Waals surface area (Å²) >= 11 is 3.32. The molecule has 0 atom stereocenters. The van der Waals surface area contributed by atoms with Gasteiger partial charge in [-0.2, -0.15) is 4.98 Å². The minimum absolute atomic E-state index is 0.668. The summed E-state index contributed by atoms with van der Waals surface area (Å²) in [7, 11) is 1.67. The Labute approximate surface area is 165 Å². The Morgan fingerprint density at radius 2 is 2.22 bits per heavy atom. The van der Waals surface area contributed by atoms with E-state index >= 15 is 0 Å². The number of aromatic nitrogens is 4. The van der Waals surface area contributed by atoms with Gasteiger partial charge in [0.1, 0.15) is 5.75 Å². The van der Waals surface area contributed by atoms with Gasteiger partial charge in [0, 0.05) is 30.6 Å². The van der Waals surface area contributed by atoms with Gasteiger partial charge in [-0.1, -0.05) is 29.1 Å². The Balaban J connectivity index is 1.33. The highest BCUT2D eigenvalue weighted by Gasteiger charge is 2.10. The molecule has 0 amide bonds. The quantitative estimate of drug-likeness (QED) is 0.316. The van der Waals surface area contributed by atoms with Gasteiger partial charge >= 0.3 is 0 Å². The Morgan fingerprint density at radius 3 is 3.07 bits per heavy atom. The van der Waals surface area contributed by atoms with Gasteiger partial charge in [-0.3, -0.25) is 4.57 Å². The van der Waals surface area contributed by atoms with Crippen molar-refractivity contribution in [1.29, 1.82) is 0 Å². The molecule has 0 unspecified atom stereocenters. The van der Waals surface area contributed by atoms with Crippen LogP contribution in [0.1, 0.15) is 12.3 Å². The molecule has 4 aromatic rings. The van der Waals surface area contributed by atoms with Crippen LogP contribution in [0.4, 0.5) is 0 Å². The van der Waals surface area contributed by atoms with Crippen LogP contribution < -0.4 is 4.74 Å². The number of thiophene rings is 1. The van der Waals surface area contributed by atoms with Crippen LogP contribution in [-0.2, 0) is 6.42 Å². The van der Waals surface area contributed by atoms with E-state index in [0.717, 1.165) is 40.1 Å². The zero-order chi connectivity index (χ0) is 18.5. The second kappa shape index (κ2) is 8.41. The van der Waals surface area contributed by atoms with Gasteiger partial charge in [-0.15, -0.1) is 11.3 Å². The molecule has 6 nitrogen and oxygen atoms in total. The number of hydrogen-bond acceptors (Lipinski definition) is 7. The van der Waals surface area contributed by atoms with Crippen LogP contribution in [0, 0.1) is 0 Å². The van der Waals surface area contributed by atoms with Crippen LogP contribution in [0.25, 0.3) is 16.4 Å². The number of imidazole rings is 1. The standard InChI is InChI=1S/C19H18N4O2S2/c1-24-15-6-2-5-14(13-15)23-10-9-20-19(23)27-12-4-8-17-21-18(22-25-17)16-7-3-11-26-16/h2-3,5-7,9-11,13H,4,8,12H2,1H3. The summed E-state index contributed by atoms with van der Waals surface area (Å²) in [5.41, 5.74) is 1.03. The summed E-state index contributed by atoms with van der Waals surface area (Å²) in [6, 6.07) is 11.9. The lowest BCUT2D eigenvalue weighted by Crippen LogP contribution is -1.97. The Kier molecular flexibility index (Phi) is 5.55. The molecule has 4 rings (SSSR count). The first-order valence-corrected chi connectivity index (χ1v) is 10.4. The van der Waals surface area contributed by atoms with Gasteiger partial charge in [0.2, 0.25) is 11.7 Å². The summed E-state index contributed by atoms with van der Waals surface area (Å²) < 4.78 is 12.7. The van der Waals surface area contributed by atoms with E-state index in [1.165, 1.54) is 0 Å². The van der Waals surface area contributed by atoms with Gasteiger partial charge in [-0.25, -0.2) is 4.98 Å². The third-order valence-electron chi connectivity index (χ3n) is 3.91. The summed E-state index contributed by atoms with van der Waals surface area (Å²) in [4.78, 5) is 9.95. The van der Waals surface area contributed by atoms with E-state index < -0.39 is 0 Å². The molecule has 8 heteroatoms. The topological polar surface area (TPSA) is 66.0 Å². The van der Waals surface area contributed by atoms with Crippen LogP contribution >= 0.6 is 23.1 Å². The molecule has 0 radical (unpaired) electrons. The molecule has 0 N–H and O–H groups in total. The maximum absolute atomic E-state index is 5.35. The largest absolute Gasteiger partial charge is 0.497 e. The van der Waals surface area contributed by atoms with Crippen molar-refractivity contribution < 1.29 is 9.26 Å². The normalized spacial score (nSPS) is 11.0. The van der Waals surface area contributed by atoms with Crippen molar-refractivity contribution >= 4 is 23.1 Å². The van der Waals surface area contributed by atoms with Crippen LogP contribution in [-0.4, -0.2) is 32.6 Å². The molecule has 0 fully saturated rings. The van der Waals surface area contributed by atoms with E-state index in [0.29, 0.717) is 11.7 Å². The first-order chi connectivity index (χ1) is 13.3. The molecular weight excluding hydrogens is 380 g/mol. The smallest absolute Gasteiger partial charge is 0.227 e. The van der Waals surface area contributed by atoms with E-state index in [9.17, 15) is 0 Å². The predicted molar refractivity (Wildman–Crippen MR) is 107 cm³/mol. The third-order valence-corrected chi connectivity index (χ3v) is 5.83. The van der Waals surface area contributed by atoms with E-state index in [1.807, 2.05) is 54.2 Å². The third kappa shape index (κ3) is 4.23. The molecule has 0 aliphatic heterocycles. The van der Waals surface area contributed by atoms with Gasteiger partial charge in [0.05, 0.1) is 17.7 Å². The number of aryl methyl sites for hydroxylation is 1. The summed E-state index contributed by atoms with van der Waals surface area (Å²) in [6.07, 6.45) is 5.46. The fourth-order valence-corrected chi connectivity index (χ4v) is 4.16. The maximum Gasteiger partial charge on any atom is 0.227 e. The molecular formula is C19H18N4O2S2. The first kappa shape index (κ1) is 17.8. The van der Waals surface area contributed by atoms with Crippen molar-refractivity contribution in [3.8, 4) is 22.1 Å². The minimum Gasteiger partial charge on any atom is -0.497 e. The molecule has 138 valence electrons. The highest BCUT2D eigenvalue weighted by atomic mass is 32.2. The monoisotopic (exact) mass is 398 g/mol. The number of benzene rings is 1. The van der Waals surface area contributed by atoms with Crippen molar-refractivity contribution in [1.82, 2.24) is 19.7 Å². The predicted octanol–water partition coefficient (Wildman–Crippen LogP) is 4.72. The highest BCUT2D eigenvalue weighted by Crippen LogP contribution is 2.25. The van der Waals surface area contributed by atoms with Crippen molar-refractivity contribution in [2.75, 3.05) is 12.9 Å². The molecule has 0 saturated heterocycles. The van der Waals surface area contributed by atoms with Crippen molar-refractivity contribution in [3.05, 3.63) is 60.1 Å². The molecule has 1 aromatic carbocycles. The lowest BCUT2D eigenvalue weighted by molar-refractivity contribution is 0.378. The Hall–Kier alpha value is -2.58. The summed E-state index contributed by atoms with van der Waals surface area (Å²) in [6.45, 7) is 0. The summed E-state index contributed by atoms with van der Waals surface area (Å²) in [5, 5.41) is 7.00. The number of methoxy groups -OCH3 is 1. The first-order valence-electron chi connectivity index (χ1n) is 8.50. The number of thioether (sulfide) groups is 1. The summed E-state index contributed by atoms with van der Waals surface area (Å²) in [5.74, 6) is 3.09. The van der Waals surface area contributed by atoms with Crippen LogP contribution in [0.2, 0.25) is 0 Å². The number of ether oxygens (including phenoxy) is 1. The van der Waals surface area contributed by atoms with Gasteiger partial charge in [0.15, 0.2) is 5.16 Å². The average Bonchev–Trinajstić information content (AvgIpc) is 3.46. The van der Waals surface area contributed by atoms with E-state index in [4.69, 9.17) is 9.26 Å². The molecule has 3 aromatic heterocycles. The van der Waals surface area contributed by atoms with Crippen LogP contribution in [0.15, 0.2) is 63.9 Å². The zero-order valence-corrected chi connectivity index (χ0v) is 16.4. The fourth-order valence-electron chi connectivity index (χ4n) is 2.60. The fraction of sp³-hybridized carbons (Fsp3) is 0.211. The Morgan fingerprint density at radius 1 is 1.26 bits per heavy atom. The molecule has 0 aliphatic carbocycles. The SMILES string of the molecule is COc1cccc(-n2ccnc2SCCCc2nc(-c3cccs3)no2)c1. The van der Waals surface area contributed by atoms with E-state index in [-0.39, 0.29) is 0 Å².